The molecule has 2 aromatic rings. The summed E-state index contributed by atoms with van der Waals surface area (Å²) >= 11 is 7.29. The molecule has 7 heteroatoms. The zero-order valence-corrected chi connectivity index (χ0v) is 10.5. The molecule has 94 valence electrons. The third-order valence-electron chi connectivity index (χ3n) is 2.18. The van der Waals surface area contributed by atoms with Gasteiger partial charge in [0, 0.05) is 12.1 Å². The maximum Gasteiger partial charge on any atom is 0.305 e. The van der Waals surface area contributed by atoms with Crippen LogP contribution in [-0.2, 0) is 6.61 Å². The van der Waals surface area contributed by atoms with Gasteiger partial charge in [0.05, 0.1) is 14.8 Å². The van der Waals surface area contributed by atoms with Gasteiger partial charge in [-0.25, -0.2) is 0 Å². The molecule has 0 amide bonds. The van der Waals surface area contributed by atoms with E-state index >= 15 is 0 Å². The highest BCUT2D eigenvalue weighted by Crippen LogP contribution is 2.26. The molecule has 0 saturated heterocycles. The Hall–Kier alpha value is -1.66. The van der Waals surface area contributed by atoms with Gasteiger partial charge in [0.2, 0.25) is 5.82 Å². The van der Waals surface area contributed by atoms with Gasteiger partial charge in [-0.3, -0.25) is 10.1 Å². The van der Waals surface area contributed by atoms with Gasteiger partial charge in [-0.15, -0.1) is 11.3 Å². The largest absolute Gasteiger partial charge is 0.488 e. The van der Waals surface area contributed by atoms with E-state index in [9.17, 15) is 14.5 Å². The molecule has 0 bridgehead atoms. The van der Waals surface area contributed by atoms with Crippen LogP contribution in [0.1, 0.15) is 4.88 Å². The normalized spacial score (nSPS) is 10.3. The highest BCUT2D eigenvalue weighted by atomic mass is 35.5. The van der Waals surface area contributed by atoms with Crippen molar-refractivity contribution in [2.75, 3.05) is 0 Å². The van der Waals surface area contributed by atoms with Crippen LogP contribution in [0.4, 0.5) is 10.1 Å². The van der Waals surface area contributed by atoms with Crippen LogP contribution in [0.2, 0.25) is 5.02 Å². The monoisotopic (exact) mass is 287 g/mol. The maximum absolute atomic E-state index is 13.3. The molecule has 2 rings (SSSR count). The fourth-order valence-electron chi connectivity index (χ4n) is 1.30. The number of nitrogens with zero attached hydrogens (tertiary/aromatic N) is 1. The van der Waals surface area contributed by atoms with Gasteiger partial charge in [-0.1, -0.05) is 11.6 Å². The van der Waals surface area contributed by atoms with Crippen molar-refractivity contribution < 1.29 is 14.1 Å². The first-order valence-electron chi connectivity index (χ1n) is 4.86. The molecule has 1 aromatic heterocycles. The summed E-state index contributed by atoms with van der Waals surface area (Å²) < 4.78 is 18.6. The number of benzene rings is 1. The van der Waals surface area contributed by atoms with Gasteiger partial charge in [-0.2, -0.15) is 4.39 Å². The zero-order chi connectivity index (χ0) is 13.1. The smallest absolute Gasteiger partial charge is 0.305 e. The van der Waals surface area contributed by atoms with Crippen molar-refractivity contribution in [3.8, 4) is 5.75 Å². The number of thiophene rings is 1. The summed E-state index contributed by atoms with van der Waals surface area (Å²) in [5.41, 5.74) is -0.573. The molecule has 0 aliphatic carbocycles. The van der Waals surface area contributed by atoms with Crippen molar-refractivity contribution in [1.29, 1.82) is 0 Å². The molecule has 0 spiro atoms. The van der Waals surface area contributed by atoms with E-state index in [1.165, 1.54) is 17.4 Å². The average Bonchev–Trinajstić information content (AvgIpc) is 2.72. The number of nitro groups is 1. The molecule has 0 aliphatic rings. The fourth-order valence-corrected chi connectivity index (χ4v) is 2.30. The Labute approximate surface area is 111 Å². The molecule has 0 N–H and O–H groups in total. The predicted molar refractivity (Wildman–Crippen MR) is 66.7 cm³/mol. The van der Waals surface area contributed by atoms with E-state index in [0.717, 1.165) is 17.0 Å². The van der Waals surface area contributed by atoms with Crippen molar-refractivity contribution in [3.05, 3.63) is 55.5 Å². The molecule has 1 heterocycles. The van der Waals surface area contributed by atoms with Gasteiger partial charge >= 0.3 is 5.69 Å². The van der Waals surface area contributed by atoms with E-state index in [1.54, 1.807) is 6.07 Å². The number of rotatable bonds is 4. The lowest BCUT2D eigenvalue weighted by Gasteiger charge is -2.05. The molecule has 0 radical (unpaired) electrons. The van der Waals surface area contributed by atoms with Crippen LogP contribution in [0.5, 0.6) is 5.75 Å². The van der Waals surface area contributed by atoms with Gasteiger partial charge in [0.1, 0.15) is 12.4 Å². The van der Waals surface area contributed by atoms with Crippen LogP contribution >= 0.6 is 22.9 Å². The molecule has 0 atom stereocenters. The Kier molecular flexibility index (Phi) is 3.78. The summed E-state index contributed by atoms with van der Waals surface area (Å²) in [6.45, 7) is 0.202. The third kappa shape index (κ3) is 2.77. The minimum absolute atomic E-state index is 0.202. The summed E-state index contributed by atoms with van der Waals surface area (Å²) in [6, 6.07) is 5.14. The second-order valence-corrected chi connectivity index (χ2v) is 4.76. The fraction of sp³-hybridized carbons (Fsp3) is 0.0909. The van der Waals surface area contributed by atoms with Crippen LogP contribution in [0.25, 0.3) is 0 Å². The zero-order valence-electron chi connectivity index (χ0n) is 8.93. The molecule has 0 fully saturated rings. The average molecular weight is 288 g/mol. The highest BCUT2D eigenvalue weighted by molar-refractivity contribution is 7.10. The second-order valence-electron chi connectivity index (χ2n) is 3.35. The van der Waals surface area contributed by atoms with Gasteiger partial charge < -0.3 is 4.74 Å². The molecular formula is C11H7ClFNO3S. The van der Waals surface area contributed by atoms with Crippen molar-refractivity contribution >= 4 is 28.6 Å². The van der Waals surface area contributed by atoms with E-state index in [2.05, 4.69) is 0 Å². The molecule has 0 unspecified atom stereocenters. The summed E-state index contributed by atoms with van der Waals surface area (Å²) in [6.07, 6.45) is 0. The minimum Gasteiger partial charge on any atom is -0.488 e. The molecule has 18 heavy (non-hydrogen) atoms. The first-order valence-corrected chi connectivity index (χ1v) is 6.12. The van der Waals surface area contributed by atoms with Gasteiger partial charge in [0.15, 0.2) is 0 Å². The number of hydrogen-bond acceptors (Lipinski definition) is 4. The second kappa shape index (κ2) is 5.32. The van der Waals surface area contributed by atoms with Crippen LogP contribution < -0.4 is 4.74 Å². The van der Waals surface area contributed by atoms with Crippen LogP contribution in [0.15, 0.2) is 29.6 Å². The number of hydrogen-bond donors (Lipinski definition) is 0. The standard InChI is InChI=1S/C11H7ClFNO3S/c12-8-3-4-18-11(8)6-17-7-1-2-10(14(15)16)9(13)5-7/h1-5H,6H2. The first kappa shape index (κ1) is 12.8. The van der Waals surface area contributed by atoms with Crippen LogP contribution in [-0.4, -0.2) is 4.92 Å². The van der Waals surface area contributed by atoms with E-state index in [0.29, 0.717) is 5.02 Å². The molecule has 4 nitrogen and oxygen atoms in total. The third-order valence-corrected chi connectivity index (χ3v) is 3.54. The molecule has 1 aromatic carbocycles. The lowest BCUT2D eigenvalue weighted by atomic mass is 10.3. The molecular weight excluding hydrogens is 281 g/mol. The first-order chi connectivity index (χ1) is 8.58. The maximum atomic E-state index is 13.3. The SMILES string of the molecule is O=[N+]([O-])c1ccc(OCc2sccc2Cl)cc1F. The topological polar surface area (TPSA) is 52.4 Å². The lowest BCUT2D eigenvalue weighted by molar-refractivity contribution is -0.387. The van der Waals surface area contributed by atoms with E-state index in [1.807, 2.05) is 5.38 Å². The Bertz CT molecular complexity index is 587. The van der Waals surface area contributed by atoms with Crippen LogP contribution in [0, 0.1) is 15.9 Å². The predicted octanol–water partition coefficient (Wildman–Crippen LogP) is 4.03. The van der Waals surface area contributed by atoms with Crippen LogP contribution in [0.3, 0.4) is 0 Å². The van der Waals surface area contributed by atoms with E-state index in [-0.39, 0.29) is 12.4 Å². The van der Waals surface area contributed by atoms with E-state index < -0.39 is 16.4 Å². The number of ether oxygens (including phenoxy) is 1. The molecule has 0 aliphatic heterocycles. The Morgan fingerprint density at radius 3 is 2.78 bits per heavy atom. The van der Waals surface area contributed by atoms with Crippen molar-refractivity contribution in [2.24, 2.45) is 0 Å². The Morgan fingerprint density at radius 2 is 2.22 bits per heavy atom. The Balaban J connectivity index is 2.09. The van der Waals surface area contributed by atoms with Gasteiger partial charge in [-0.05, 0) is 17.5 Å². The van der Waals surface area contributed by atoms with Crippen molar-refractivity contribution in [1.82, 2.24) is 0 Å². The van der Waals surface area contributed by atoms with Crippen molar-refractivity contribution in [3.63, 3.8) is 0 Å². The summed E-state index contributed by atoms with van der Waals surface area (Å²) in [5.74, 6) is -0.697. The molecule has 0 saturated carbocycles. The van der Waals surface area contributed by atoms with Crippen molar-refractivity contribution in [2.45, 2.75) is 6.61 Å². The van der Waals surface area contributed by atoms with E-state index in [4.69, 9.17) is 16.3 Å². The quantitative estimate of drug-likeness (QED) is 0.630. The lowest BCUT2D eigenvalue weighted by Crippen LogP contribution is -1.96. The Morgan fingerprint density at radius 1 is 1.44 bits per heavy atom. The minimum atomic E-state index is -0.922. The van der Waals surface area contributed by atoms with Gasteiger partial charge in [0.25, 0.3) is 0 Å². The number of nitro benzene ring substituents is 1. The summed E-state index contributed by atoms with van der Waals surface area (Å²) in [4.78, 5) is 10.5. The summed E-state index contributed by atoms with van der Waals surface area (Å²) in [5, 5.41) is 12.8. The summed E-state index contributed by atoms with van der Waals surface area (Å²) in [7, 11) is 0. The highest BCUT2D eigenvalue weighted by Gasteiger charge is 2.14. The number of halogens is 2.